The number of likely N-dealkylation sites (tertiary alicyclic amines) is 1. The maximum atomic E-state index is 12.9. The molecule has 7 heteroatoms. The summed E-state index contributed by atoms with van der Waals surface area (Å²) in [6.07, 6.45) is 2.62. The molecular formula is C19H27F3N2O2. The number of hydrogen-bond donors (Lipinski definition) is 1. The number of hydrogen-bond acceptors (Lipinski definition) is 2. The standard InChI is InChI=1S/C19H27F3N2O2/c20-19(21,22)15-2-1-3-24(11-15)16(25)10-23-17(26)18-7-12-4-13(8-18)6-14(5-12)9-18/h12-15H,1-11H2,(H,23,26)/t12?,13?,14?,15-,18?/m1/s1. The zero-order valence-electron chi connectivity index (χ0n) is 15.0. The fourth-order valence-electron chi connectivity index (χ4n) is 6.31. The average molecular weight is 372 g/mol. The molecule has 4 bridgehead atoms. The molecule has 0 aromatic heterocycles. The van der Waals surface area contributed by atoms with Crippen LogP contribution in [0.1, 0.15) is 51.4 Å². The smallest absolute Gasteiger partial charge is 0.347 e. The zero-order valence-corrected chi connectivity index (χ0v) is 15.0. The highest BCUT2D eigenvalue weighted by Gasteiger charge is 2.54. The Kier molecular flexibility index (Phi) is 4.47. The Morgan fingerprint density at radius 2 is 1.62 bits per heavy atom. The maximum absolute atomic E-state index is 12.9. The lowest BCUT2D eigenvalue weighted by molar-refractivity contribution is -0.188. The molecule has 4 saturated carbocycles. The van der Waals surface area contributed by atoms with Crippen LogP contribution in [0.15, 0.2) is 0 Å². The van der Waals surface area contributed by atoms with Gasteiger partial charge in [-0.1, -0.05) is 0 Å². The molecule has 4 nitrogen and oxygen atoms in total. The van der Waals surface area contributed by atoms with E-state index in [1.54, 1.807) is 0 Å². The topological polar surface area (TPSA) is 49.4 Å². The molecule has 5 fully saturated rings. The first-order chi connectivity index (χ1) is 12.2. The summed E-state index contributed by atoms with van der Waals surface area (Å²) in [6.45, 7) is -0.112. The van der Waals surface area contributed by atoms with E-state index in [9.17, 15) is 22.8 Å². The molecule has 26 heavy (non-hydrogen) atoms. The van der Waals surface area contributed by atoms with Crippen molar-refractivity contribution in [2.75, 3.05) is 19.6 Å². The van der Waals surface area contributed by atoms with Crippen molar-refractivity contribution < 1.29 is 22.8 Å². The summed E-state index contributed by atoms with van der Waals surface area (Å²) in [5, 5.41) is 2.78. The predicted molar refractivity (Wildman–Crippen MR) is 89.0 cm³/mol. The molecule has 5 aliphatic rings. The minimum atomic E-state index is -4.26. The van der Waals surface area contributed by atoms with E-state index in [0.717, 1.165) is 19.3 Å². The SMILES string of the molecule is O=C(CNC(=O)C12CC3CC(CC(C3)C1)C2)N1CCC[C@@H](C(F)(F)F)C1. The van der Waals surface area contributed by atoms with Crippen molar-refractivity contribution in [3.05, 3.63) is 0 Å². The van der Waals surface area contributed by atoms with Gasteiger partial charge in [-0.2, -0.15) is 13.2 Å². The minimum Gasteiger partial charge on any atom is -0.347 e. The van der Waals surface area contributed by atoms with E-state index in [1.165, 1.54) is 24.2 Å². The van der Waals surface area contributed by atoms with Crippen LogP contribution in [0.5, 0.6) is 0 Å². The van der Waals surface area contributed by atoms with Crippen LogP contribution < -0.4 is 5.32 Å². The van der Waals surface area contributed by atoms with Gasteiger partial charge >= 0.3 is 6.18 Å². The Morgan fingerprint density at radius 3 is 2.15 bits per heavy atom. The number of nitrogens with zero attached hydrogens (tertiary/aromatic N) is 1. The zero-order chi connectivity index (χ0) is 18.5. The van der Waals surface area contributed by atoms with Gasteiger partial charge in [0.1, 0.15) is 0 Å². The van der Waals surface area contributed by atoms with Crippen molar-refractivity contribution in [3.63, 3.8) is 0 Å². The molecule has 0 unspecified atom stereocenters. The van der Waals surface area contributed by atoms with Gasteiger partial charge in [0.2, 0.25) is 11.8 Å². The van der Waals surface area contributed by atoms with Crippen LogP contribution in [0.2, 0.25) is 0 Å². The van der Waals surface area contributed by atoms with Crippen LogP contribution in [0.3, 0.4) is 0 Å². The van der Waals surface area contributed by atoms with Gasteiger partial charge in [0.15, 0.2) is 0 Å². The third-order valence-corrected chi connectivity index (χ3v) is 7.16. The summed E-state index contributed by atoms with van der Waals surface area (Å²) < 4.78 is 38.7. The number of carbonyl (C=O) groups excluding carboxylic acids is 2. The van der Waals surface area contributed by atoms with Crippen molar-refractivity contribution in [3.8, 4) is 0 Å². The number of amides is 2. The monoisotopic (exact) mass is 372 g/mol. The second kappa shape index (κ2) is 6.41. The number of nitrogens with one attached hydrogen (secondary N) is 1. The molecule has 0 radical (unpaired) electrons. The first-order valence-electron chi connectivity index (χ1n) is 9.88. The second-order valence-corrected chi connectivity index (χ2v) is 9.10. The third kappa shape index (κ3) is 3.33. The highest BCUT2D eigenvalue weighted by Crippen LogP contribution is 2.60. The molecule has 2 amide bonds. The van der Waals surface area contributed by atoms with Crippen molar-refractivity contribution in [1.29, 1.82) is 0 Å². The van der Waals surface area contributed by atoms with Gasteiger partial charge in [-0.3, -0.25) is 9.59 Å². The van der Waals surface area contributed by atoms with Gasteiger partial charge in [0.05, 0.1) is 12.5 Å². The number of halogens is 3. The third-order valence-electron chi connectivity index (χ3n) is 7.16. The molecule has 5 rings (SSSR count). The highest BCUT2D eigenvalue weighted by molar-refractivity contribution is 5.88. The lowest BCUT2D eigenvalue weighted by Gasteiger charge is -2.55. The molecule has 4 aliphatic carbocycles. The van der Waals surface area contributed by atoms with Gasteiger partial charge in [0.25, 0.3) is 0 Å². The number of carbonyl (C=O) groups is 2. The first kappa shape index (κ1) is 18.1. The van der Waals surface area contributed by atoms with E-state index in [-0.39, 0.29) is 30.8 Å². The van der Waals surface area contributed by atoms with Gasteiger partial charge in [0, 0.05) is 18.5 Å². The molecule has 1 heterocycles. The van der Waals surface area contributed by atoms with Crippen molar-refractivity contribution in [2.24, 2.45) is 29.1 Å². The van der Waals surface area contributed by atoms with Crippen molar-refractivity contribution in [2.45, 2.75) is 57.5 Å². The molecular weight excluding hydrogens is 345 g/mol. The Labute approximate surface area is 151 Å². The van der Waals surface area contributed by atoms with Crippen molar-refractivity contribution in [1.82, 2.24) is 10.2 Å². The van der Waals surface area contributed by atoms with E-state index in [1.807, 2.05) is 0 Å². The summed E-state index contributed by atoms with van der Waals surface area (Å²) >= 11 is 0. The van der Waals surface area contributed by atoms with Gasteiger partial charge < -0.3 is 10.2 Å². The van der Waals surface area contributed by atoms with E-state index in [2.05, 4.69) is 5.32 Å². The molecule has 1 atom stereocenters. The minimum absolute atomic E-state index is 0.0469. The number of rotatable bonds is 3. The molecule has 1 aliphatic heterocycles. The van der Waals surface area contributed by atoms with Crippen LogP contribution in [0.25, 0.3) is 0 Å². The maximum Gasteiger partial charge on any atom is 0.393 e. The number of alkyl halides is 3. The van der Waals surface area contributed by atoms with Gasteiger partial charge in [-0.15, -0.1) is 0 Å². The summed E-state index contributed by atoms with van der Waals surface area (Å²) in [6, 6.07) is 0. The molecule has 146 valence electrons. The fraction of sp³-hybridized carbons (Fsp3) is 0.895. The largest absolute Gasteiger partial charge is 0.393 e. The van der Waals surface area contributed by atoms with E-state index < -0.39 is 18.0 Å². The van der Waals surface area contributed by atoms with E-state index in [0.29, 0.717) is 30.7 Å². The van der Waals surface area contributed by atoms with E-state index in [4.69, 9.17) is 0 Å². The van der Waals surface area contributed by atoms with E-state index >= 15 is 0 Å². The summed E-state index contributed by atoms with van der Waals surface area (Å²) in [7, 11) is 0. The molecule has 0 aromatic rings. The molecule has 1 saturated heterocycles. The Hall–Kier alpha value is -1.27. The Balaban J connectivity index is 1.32. The van der Waals surface area contributed by atoms with Crippen LogP contribution in [-0.2, 0) is 9.59 Å². The molecule has 1 N–H and O–H groups in total. The van der Waals surface area contributed by atoms with Crippen LogP contribution >= 0.6 is 0 Å². The van der Waals surface area contributed by atoms with Crippen molar-refractivity contribution >= 4 is 11.8 Å². The second-order valence-electron chi connectivity index (χ2n) is 9.10. The quantitative estimate of drug-likeness (QED) is 0.828. The van der Waals surface area contributed by atoms with Gasteiger partial charge in [-0.05, 0) is 69.1 Å². The summed E-state index contributed by atoms with van der Waals surface area (Å²) in [5.74, 6) is 0.0254. The van der Waals surface area contributed by atoms with Gasteiger partial charge in [-0.25, -0.2) is 0 Å². The molecule has 0 aromatic carbocycles. The van der Waals surface area contributed by atoms with Crippen LogP contribution in [-0.4, -0.2) is 42.5 Å². The average Bonchev–Trinajstić information content (AvgIpc) is 2.57. The molecule has 0 spiro atoms. The normalized spacial score (nSPS) is 39.1. The summed E-state index contributed by atoms with van der Waals surface area (Å²) in [5.41, 5.74) is -0.328. The predicted octanol–water partition coefficient (Wildman–Crippen LogP) is 3.12. The first-order valence-corrected chi connectivity index (χ1v) is 9.88. The number of piperidine rings is 1. The lowest BCUT2D eigenvalue weighted by atomic mass is 9.49. The highest BCUT2D eigenvalue weighted by atomic mass is 19.4. The lowest BCUT2D eigenvalue weighted by Crippen LogP contribution is -2.55. The fourth-order valence-corrected chi connectivity index (χ4v) is 6.31. The Bertz CT molecular complexity index is 555. The summed E-state index contributed by atoms with van der Waals surface area (Å²) in [4.78, 5) is 26.5. The van der Waals surface area contributed by atoms with Crippen LogP contribution in [0.4, 0.5) is 13.2 Å². The Morgan fingerprint density at radius 1 is 1.04 bits per heavy atom. The van der Waals surface area contributed by atoms with Crippen LogP contribution in [0, 0.1) is 29.1 Å².